The molecule has 1 aromatic rings. The lowest BCUT2D eigenvalue weighted by molar-refractivity contribution is -0.121. The van der Waals surface area contributed by atoms with Crippen LogP contribution in [0.4, 0.5) is 0 Å². The maximum atomic E-state index is 12.0. The average molecular weight is 344 g/mol. The van der Waals surface area contributed by atoms with Crippen LogP contribution in [0.5, 0.6) is 0 Å². The lowest BCUT2D eigenvalue weighted by atomic mass is 10.1. The lowest BCUT2D eigenvalue weighted by Crippen LogP contribution is -2.36. The molecule has 1 atom stereocenters. The average Bonchev–Trinajstić information content (AvgIpc) is 2.99. The molecule has 5 nitrogen and oxygen atoms in total. The van der Waals surface area contributed by atoms with Gasteiger partial charge in [0.2, 0.25) is 5.91 Å². The van der Waals surface area contributed by atoms with Gasteiger partial charge in [-0.15, -0.1) is 0 Å². The fourth-order valence-electron chi connectivity index (χ4n) is 2.34. The van der Waals surface area contributed by atoms with Crippen LogP contribution in [0.3, 0.4) is 0 Å². The van der Waals surface area contributed by atoms with Crippen LogP contribution in [-0.4, -0.2) is 37.9 Å². The first kappa shape index (κ1) is 17.1. The van der Waals surface area contributed by atoms with Crippen molar-refractivity contribution in [3.63, 3.8) is 0 Å². The van der Waals surface area contributed by atoms with E-state index in [1.165, 1.54) is 7.11 Å². The van der Waals surface area contributed by atoms with E-state index in [-0.39, 0.29) is 11.9 Å². The van der Waals surface area contributed by atoms with Crippen molar-refractivity contribution in [1.29, 1.82) is 0 Å². The highest BCUT2D eigenvalue weighted by Gasteiger charge is 2.17. The Morgan fingerprint density at radius 3 is 2.86 bits per heavy atom. The summed E-state index contributed by atoms with van der Waals surface area (Å²) in [6, 6.07) is 5.46. The molecule has 22 heavy (non-hydrogen) atoms. The van der Waals surface area contributed by atoms with Crippen LogP contribution < -0.4 is 10.6 Å². The number of oxime groups is 1. The van der Waals surface area contributed by atoms with Crippen molar-refractivity contribution in [3.8, 4) is 0 Å². The number of benzene rings is 1. The number of carbonyl (C=O) groups excluding carboxylic acids is 1. The van der Waals surface area contributed by atoms with Gasteiger partial charge in [-0.2, -0.15) is 0 Å². The zero-order chi connectivity index (χ0) is 15.9. The second-order valence-electron chi connectivity index (χ2n) is 5.11. The van der Waals surface area contributed by atoms with Crippen LogP contribution >= 0.6 is 23.2 Å². The van der Waals surface area contributed by atoms with Gasteiger partial charge in [0.15, 0.2) is 0 Å². The number of rotatable bonds is 6. The maximum Gasteiger partial charge on any atom is 0.220 e. The van der Waals surface area contributed by atoms with E-state index in [1.54, 1.807) is 12.1 Å². The van der Waals surface area contributed by atoms with Crippen molar-refractivity contribution in [3.05, 3.63) is 33.8 Å². The number of hydrogen-bond donors (Lipinski definition) is 2. The molecule has 2 rings (SSSR count). The molecule has 1 fully saturated rings. The summed E-state index contributed by atoms with van der Waals surface area (Å²) in [5.41, 5.74) is 1.47. The minimum atomic E-state index is 0.0116. The van der Waals surface area contributed by atoms with Gasteiger partial charge in [-0.05, 0) is 25.1 Å². The van der Waals surface area contributed by atoms with E-state index >= 15 is 0 Å². The van der Waals surface area contributed by atoms with Gasteiger partial charge in [-0.1, -0.05) is 34.4 Å². The fourth-order valence-corrected chi connectivity index (χ4v) is 2.64. The molecule has 0 saturated carbocycles. The van der Waals surface area contributed by atoms with Gasteiger partial charge in [0, 0.05) is 31.0 Å². The van der Waals surface area contributed by atoms with Crippen LogP contribution in [0.2, 0.25) is 10.0 Å². The van der Waals surface area contributed by atoms with Gasteiger partial charge >= 0.3 is 0 Å². The van der Waals surface area contributed by atoms with Gasteiger partial charge in [0.25, 0.3) is 0 Å². The maximum absolute atomic E-state index is 12.0. The monoisotopic (exact) mass is 343 g/mol. The molecule has 0 bridgehead atoms. The number of nitrogens with zero attached hydrogens (tertiary/aromatic N) is 1. The van der Waals surface area contributed by atoms with Crippen LogP contribution in [0.25, 0.3) is 0 Å². The Labute approximate surface area is 140 Å². The second-order valence-corrected chi connectivity index (χ2v) is 5.92. The quantitative estimate of drug-likeness (QED) is 0.616. The highest BCUT2D eigenvalue weighted by molar-refractivity contribution is 6.42. The minimum Gasteiger partial charge on any atom is -0.399 e. The Balaban J connectivity index is 1.95. The summed E-state index contributed by atoms with van der Waals surface area (Å²) in [6.45, 7) is 1.78. The number of hydrogen-bond acceptors (Lipinski definition) is 4. The van der Waals surface area contributed by atoms with Crippen LogP contribution in [-0.2, 0) is 9.63 Å². The van der Waals surface area contributed by atoms with Crippen LogP contribution in [0.15, 0.2) is 23.4 Å². The molecule has 0 aromatic heterocycles. The molecule has 0 spiro atoms. The lowest BCUT2D eigenvalue weighted by Gasteiger charge is -2.12. The van der Waals surface area contributed by atoms with Crippen molar-refractivity contribution in [1.82, 2.24) is 10.6 Å². The molecule has 1 heterocycles. The molecule has 1 aromatic carbocycles. The van der Waals surface area contributed by atoms with E-state index in [2.05, 4.69) is 15.8 Å². The summed E-state index contributed by atoms with van der Waals surface area (Å²) in [7, 11) is 1.47. The zero-order valence-corrected chi connectivity index (χ0v) is 13.9. The molecule has 1 amide bonds. The Hall–Kier alpha value is -1.30. The van der Waals surface area contributed by atoms with Crippen molar-refractivity contribution >= 4 is 34.8 Å². The van der Waals surface area contributed by atoms with Crippen LogP contribution in [0.1, 0.15) is 24.8 Å². The molecule has 1 aliphatic rings. The molecule has 1 aliphatic heterocycles. The van der Waals surface area contributed by atoms with Crippen molar-refractivity contribution in [2.75, 3.05) is 20.2 Å². The smallest absolute Gasteiger partial charge is 0.220 e. The topological polar surface area (TPSA) is 62.7 Å². The Morgan fingerprint density at radius 2 is 2.23 bits per heavy atom. The third-order valence-corrected chi connectivity index (χ3v) is 4.21. The van der Waals surface area contributed by atoms with E-state index < -0.39 is 0 Å². The van der Waals surface area contributed by atoms with Gasteiger partial charge in [-0.25, -0.2) is 0 Å². The summed E-state index contributed by atoms with van der Waals surface area (Å²) in [5, 5.41) is 11.1. The largest absolute Gasteiger partial charge is 0.399 e. The molecule has 0 radical (unpaired) electrons. The minimum absolute atomic E-state index is 0.0116. The van der Waals surface area contributed by atoms with Crippen molar-refractivity contribution < 1.29 is 9.63 Å². The number of carbonyl (C=O) groups is 1. The Morgan fingerprint density at radius 1 is 1.41 bits per heavy atom. The summed E-state index contributed by atoms with van der Waals surface area (Å²) in [4.78, 5) is 16.8. The highest BCUT2D eigenvalue weighted by atomic mass is 35.5. The number of halogens is 2. The molecule has 7 heteroatoms. The number of nitrogens with one attached hydrogen (secondary N) is 2. The van der Waals surface area contributed by atoms with E-state index in [0.29, 0.717) is 28.6 Å². The third-order valence-electron chi connectivity index (χ3n) is 3.47. The highest BCUT2D eigenvalue weighted by Crippen LogP contribution is 2.23. The summed E-state index contributed by atoms with van der Waals surface area (Å²) >= 11 is 11.9. The SMILES string of the molecule is CO/N=C(\CCC(=O)NC1CCNC1)c1ccc(Cl)c(Cl)c1. The predicted molar refractivity (Wildman–Crippen MR) is 88.7 cm³/mol. The molecular formula is C15H19Cl2N3O2. The molecular weight excluding hydrogens is 325 g/mol. The van der Waals surface area contributed by atoms with Gasteiger partial charge in [0.1, 0.15) is 7.11 Å². The van der Waals surface area contributed by atoms with Gasteiger partial charge < -0.3 is 15.5 Å². The third kappa shape index (κ3) is 4.87. The molecule has 1 unspecified atom stereocenters. The summed E-state index contributed by atoms with van der Waals surface area (Å²) in [6.07, 6.45) is 1.79. The first-order valence-corrected chi connectivity index (χ1v) is 7.91. The molecule has 120 valence electrons. The first-order chi connectivity index (χ1) is 10.6. The van der Waals surface area contributed by atoms with E-state index in [0.717, 1.165) is 25.1 Å². The molecule has 1 saturated heterocycles. The van der Waals surface area contributed by atoms with Crippen molar-refractivity contribution in [2.45, 2.75) is 25.3 Å². The summed E-state index contributed by atoms with van der Waals surface area (Å²) in [5.74, 6) is 0.0116. The van der Waals surface area contributed by atoms with Crippen LogP contribution in [0, 0.1) is 0 Å². The normalized spacial score (nSPS) is 18.3. The van der Waals surface area contributed by atoms with Gasteiger partial charge in [0.05, 0.1) is 15.8 Å². The van der Waals surface area contributed by atoms with E-state index in [9.17, 15) is 4.79 Å². The van der Waals surface area contributed by atoms with E-state index in [4.69, 9.17) is 28.0 Å². The fraction of sp³-hybridized carbons (Fsp3) is 0.467. The van der Waals surface area contributed by atoms with Gasteiger partial charge in [-0.3, -0.25) is 4.79 Å². The summed E-state index contributed by atoms with van der Waals surface area (Å²) < 4.78 is 0. The Kier molecular flexibility index (Phi) is 6.49. The Bertz CT molecular complexity index is 558. The van der Waals surface area contributed by atoms with E-state index in [1.807, 2.05) is 6.07 Å². The molecule has 0 aliphatic carbocycles. The number of amides is 1. The first-order valence-electron chi connectivity index (χ1n) is 7.15. The zero-order valence-electron chi connectivity index (χ0n) is 12.4. The second kappa shape index (κ2) is 8.36. The predicted octanol–water partition coefficient (Wildman–Crippen LogP) is 2.60. The molecule has 2 N–H and O–H groups in total. The standard InChI is InChI=1S/C15H19Cl2N3O2/c1-22-20-14(10-2-3-12(16)13(17)8-10)4-5-15(21)19-11-6-7-18-9-11/h2-3,8,11,18H,4-7,9H2,1H3,(H,19,21)/b20-14+. The van der Waals surface area contributed by atoms with Crippen molar-refractivity contribution in [2.24, 2.45) is 5.16 Å².